The Kier molecular flexibility index (Phi) is 5.99. The van der Waals surface area contributed by atoms with E-state index in [1.165, 1.54) is 17.6 Å². The molecule has 0 amide bonds. The number of hydrogen-bond acceptors (Lipinski definition) is 12. The van der Waals surface area contributed by atoms with Gasteiger partial charge in [-0.3, -0.25) is 0 Å². The first kappa shape index (κ1) is 23.4. The van der Waals surface area contributed by atoms with Gasteiger partial charge in [0, 0.05) is 26.6 Å². The zero-order valence-electron chi connectivity index (χ0n) is 19.8. The van der Waals surface area contributed by atoms with Crippen LogP contribution in [0.3, 0.4) is 0 Å². The minimum atomic E-state index is 0.227. The van der Waals surface area contributed by atoms with Gasteiger partial charge in [0.15, 0.2) is 5.75 Å². The van der Waals surface area contributed by atoms with Crippen molar-refractivity contribution >= 4 is 76.6 Å². The quantitative estimate of drug-likeness (QED) is 0.209. The average Bonchev–Trinajstić information content (AvgIpc) is 3.65. The molecular weight excluding hydrogens is 529 g/mol. The fraction of sp³-hybridized carbons (Fsp3) is 0.120. The summed E-state index contributed by atoms with van der Waals surface area (Å²) in [6.45, 7) is 5.90. The molecule has 4 aromatic heterocycles. The largest absolute Gasteiger partial charge is 0.507 e. The summed E-state index contributed by atoms with van der Waals surface area (Å²) < 4.78 is 13.5. The van der Waals surface area contributed by atoms with Crippen molar-refractivity contribution in [2.45, 2.75) is 20.8 Å². The molecule has 0 aliphatic rings. The van der Waals surface area contributed by atoms with Crippen LogP contribution in [0.4, 0.5) is 22.4 Å². The Hall–Kier alpha value is -4.00. The molecule has 0 radical (unpaired) electrons. The van der Waals surface area contributed by atoms with Crippen LogP contribution in [-0.4, -0.2) is 15.3 Å². The Morgan fingerprint density at radius 1 is 0.784 bits per heavy atom. The van der Waals surface area contributed by atoms with E-state index in [1.807, 2.05) is 39.0 Å². The highest BCUT2D eigenvalue weighted by atomic mass is 32.1. The standard InChI is InChI=1S/C25H18N6O3S3/c1-12-8-16-20(32)6-4-18(23(16)35-12)27-29-22-10-15(11-33-22)34-21-7-5-19(24-17(21)9-13(2)36-24)28-31-25-30-26-14(3)37-25/h4-11,32H,1-3H3/b29-27+,31-28+. The molecular formula is C25H18N6O3S3. The van der Waals surface area contributed by atoms with Gasteiger partial charge >= 0.3 is 0 Å². The molecule has 12 heteroatoms. The predicted octanol–water partition coefficient (Wildman–Crippen LogP) is 9.81. The van der Waals surface area contributed by atoms with Crippen LogP contribution in [0, 0.1) is 20.8 Å². The van der Waals surface area contributed by atoms with E-state index in [0.717, 1.165) is 40.6 Å². The highest BCUT2D eigenvalue weighted by Gasteiger charge is 2.14. The van der Waals surface area contributed by atoms with E-state index >= 15 is 0 Å². The number of furan rings is 1. The minimum Gasteiger partial charge on any atom is -0.507 e. The number of phenolic OH excluding ortho intramolecular Hbond substituents is 1. The number of benzene rings is 2. The summed E-state index contributed by atoms with van der Waals surface area (Å²) in [4.78, 5) is 2.21. The monoisotopic (exact) mass is 546 g/mol. The number of aromatic nitrogens is 2. The van der Waals surface area contributed by atoms with E-state index < -0.39 is 0 Å². The van der Waals surface area contributed by atoms with Crippen molar-refractivity contribution in [3.63, 3.8) is 0 Å². The molecule has 6 rings (SSSR count). The molecule has 0 unspecified atom stereocenters. The summed E-state index contributed by atoms with van der Waals surface area (Å²) in [5, 5.41) is 38.3. The summed E-state index contributed by atoms with van der Waals surface area (Å²) in [5.41, 5.74) is 1.40. The number of fused-ring (bicyclic) bond motifs is 2. The van der Waals surface area contributed by atoms with Crippen molar-refractivity contribution in [1.29, 1.82) is 0 Å². The van der Waals surface area contributed by atoms with Crippen LogP contribution < -0.4 is 4.74 Å². The normalized spacial score (nSPS) is 12.1. The fourth-order valence-corrected chi connectivity index (χ4v) is 6.22. The van der Waals surface area contributed by atoms with E-state index in [1.54, 1.807) is 40.9 Å². The third-order valence-corrected chi connectivity index (χ3v) is 8.18. The number of aromatic hydroxyl groups is 1. The summed E-state index contributed by atoms with van der Waals surface area (Å²) in [7, 11) is 0. The second kappa shape index (κ2) is 9.47. The maximum Gasteiger partial charge on any atom is 0.251 e. The third-order valence-electron chi connectivity index (χ3n) is 5.31. The molecule has 0 fully saturated rings. The van der Waals surface area contributed by atoms with Gasteiger partial charge in [-0.1, -0.05) is 11.3 Å². The molecule has 37 heavy (non-hydrogen) atoms. The number of phenols is 1. The van der Waals surface area contributed by atoms with Crippen molar-refractivity contribution in [2.24, 2.45) is 20.5 Å². The predicted molar refractivity (Wildman–Crippen MR) is 147 cm³/mol. The molecule has 184 valence electrons. The summed E-state index contributed by atoms with van der Waals surface area (Å²) in [6, 6.07) is 12.7. The molecule has 2 aromatic carbocycles. The molecule has 4 heterocycles. The molecule has 0 saturated carbocycles. The SMILES string of the molecule is Cc1cc2c(O)ccc(/N=N/c3cc(Oc4ccc(/N=N/c5nnc(C)s5)c5sc(C)cc45)co3)c2s1. The lowest BCUT2D eigenvalue weighted by Crippen LogP contribution is -1.82. The molecule has 0 bridgehead atoms. The Balaban J connectivity index is 1.25. The first-order valence-corrected chi connectivity index (χ1v) is 13.5. The van der Waals surface area contributed by atoms with Crippen LogP contribution in [0.15, 0.2) is 73.6 Å². The fourth-order valence-electron chi connectivity index (χ4n) is 3.74. The molecule has 0 aliphatic heterocycles. The van der Waals surface area contributed by atoms with Gasteiger partial charge in [0.25, 0.3) is 5.13 Å². The Labute approximate surface area is 222 Å². The number of hydrogen-bond donors (Lipinski definition) is 1. The summed E-state index contributed by atoms with van der Waals surface area (Å²) in [6.07, 6.45) is 1.49. The smallest absolute Gasteiger partial charge is 0.251 e. The summed E-state index contributed by atoms with van der Waals surface area (Å²) >= 11 is 4.56. The van der Waals surface area contributed by atoms with Crippen molar-refractivity contribution < 1.29 is 14.3 Å². The number of aryl methyl sites for hydroxylation is 3. The van der Waals surface area contributed by atoms with Crippen LogP contribution in [0.5, 0.6) is 17.2 Å². The molecule has 0 atom stereocenters. The van der Waals surface area contributed by atoms with Gasteiger partial charge in [-0.05, 0) is 57.2 Å². The van der Waals surface area contributed by atoms with Gasteiger partial charge in [0.05, 0.1) is 9.40 Å². The first-order chi connectivity index (χ1) is 17.9. The van der Waals surface area contributed by atoms with E-state index in [2.05, 4.69) is 36.7 Å². The van der Waals surface area contributed by atoms with Gasteiger partial charge in [-0.25, -0.2) is 0 Å². The van der Waals surface area contributed by atoms with Gasteiger partial charge in [-0.2, -0.15) is 0 Å². The topological polar surface area (TPSA) is 118 Å². The maximum atomic E-state index is 10.1. The number of nitrogens with zero attached hydrogens (tertiary/aromatic N) is 6. The third kappa shape index (κ3) is 4.73. The Bertz CT molecular complexity index is 1830. The van der Waals surface area contributed by atoms with Crippen LogP contribution >= 0.6 is 34.0 Å². The molecule has 0 aliphatic carbocycles. The van der Waals surface area contributed by atoms with Crippen molar-refractivity contribution in [1.82, 2.24) is 10.2 Å². The van der Waals surface area contributed by atoms with Crippen molar-refractivity contribution in [2.75, 3.05) is 0 Å². The van der Waals surface area contributed by atoms with E-state index in [0.29, 0.717) is 28.2 Å². The zero-order chi connectivity index (χ0) is 25.5. The maximum absolute atomic E-state index is 10.1. The minimum absolute atomic E-state index is 0.227. The van der Waals surface area contributed by atoms with E-state index in [9.17, 15) is 5.11 Å². The number of thiophene rings is 2. The molecule has 6 aromatic rings. The molecule has 0 saturated heterocycles. The number of rotatable bonds is 6. The molecule has 9 nitrogen and oxygen atoms in total. The van der Waals surface area contributed by atoms with E-state index in [-0.39, 0.29) is 5.75 Å². The second-order valence-electron chi connectivity index (χ2n) is 8.11. The Morgan fingerprint density at radius 2 is 1.49 bits per heavy atom. The highest BCUT2D eigenvalue weighted by molar-refractivity contribution is 7.20. The highest BCUT2D eigenvalue weighted by Crippen LogP contribution is 2.43. The van der Waals surface area contributed by atoms with Crippen LogP contribution in [0.25, 0.3) is 20.2 Å². The van der Waals surface area contributed by atoms with Crippen LogP contribution in [-0.2, 0) is 0 Å². The lowest BCUT2D eigenvalue weighted by Gasteiger charge is -2.05. The Morgan fingerprint density at radius 3 is 2.24 bits per heavy atom. The first-order valence-electron chi connectivity index (χ1n) is 11.1. The van der Waals surface area contributed by atoms with Crippen LogP contribution in [0.2, 0.25) is 0 Å². The second-order valence-corrected chi connectivity index (χ2v) is 11.8. The number of azo groups is 2. The zero-order valence-corrected chi connectivity index (χ0v) is 22.2. The van der Waals surface area contributed by atoms with Gasteiger partial charge in [0.1, 0.15) is 34.1 Å². The number of ether oxygens (including phenoxy) is 1. The van der Waals surface area contributed by atoms with Crippen molar-refractivity contribution in [3.05, 3.63) is 63.5 Å². The van der Waals surface area contributed by atoms with Crippen LogP contribution in [0.1, 0.15) is 14.8 Å². The average molecular weight is 547 g/mol. The summed E-state index contributed by atoms with van der Waals surface area (Å²) in [5.74, 6) is 1.70. The van der Waals surface area contributed by atoms with Gasteiger partial charge in [-0.15, -0.1) is 53.3 Å². The van der Waals surface area contributed by atoms with Crippen molar-refractivity contribution in [3.8, 4) is 17.2 Å². The van der Waals surface area contributed by atoms with Gasteiger partial charge in [0.2, 0.25) is 5.88 Å². The molecule has 0 spiro atoms. The lowest BCUT2D eigenvalue weighted by molar-refractivity contribution is 0.471. The lowest BCUT2D eigenvalue weighted by atomic mass is 10.2. The molecule has 1 N–H and O–H groups in total. The van der Waals surface area contributed by atoms with Gasteiger partial charge < -0.3 is 14.3 Å². The van der Waals surface area contributed by atoms with E-state index in [4.69, 9.17) is 9.15 Å².